The molecule has 1 N–H and O–H groups in total. The molecule has 0 aliphatic heterocycles. The van der Waals surface area contributed by atoms with Crippen LogP contribution in [0, 0.1) is 10.1 Å². The number of halogens is 1. The molecular formula is C13H16BrN5O2. The molecule has 0 fully saturated rings. The minimum atomic E-state index is -0.418. The van der Waals surface area contributed by atoms with Crippen LogP contribution in [0.5, 0.6) is 0 Å². The maximum Gasteiger partial charge on any atom is 0.270 e. The number of aromatic nitrogens is 2. The molecule has 0 bridgehead atoms. The maximum absolute atomic E-state index is 10.7. The van der Waals surface area contributed by atoms with Crippen molar-refractivity contribution in [3.05, 3.63) is 44.7 Å². The van der Waals surface area contributed by atoms with Gasteiger partial charge in [-0.05, 0) is 22.0 Å². The van der Waals surface area contributed by atoms with Crippen molar-refractivity contribution >= 4 is 33.3 Å². The molecule has 0 aliphatic carbocycles. The van der Waals surface area contributed by atoms with Crippen molar-refractivity contribution < 1.29 is 4.92 Å². The predicted molar refractivity (Wildman–Crippen MR) is 85.7 cm³/mol. The second-order valence-electron chi connectivity index (χ2n) is 4.78. The highest BCUT2D eigenvalue weighted by atomic mass is 79.9. The normalized spacial score (nSPS) is 10.5. The van der Waals surface area contributed by atoms with Crippen molar-refractivity contribution in [2.75, 3.05) is 24.3 Å². The quantitative estimate of drug-likeness (QED) is 0.660. The van der Waals surface area contributed by atoms with Gasteiger partial charge in [0.15, 0.2) is 0 Å². The van der Waals surface area contributed by atoms with Crippen LogP contribution < -0.4 is 10.2 Å². The standard InChI is InChI=1S/C13H16BrN5O2/c1-17(2)13-16-8-10(18(13)3)7-15-12-5-4-9(19(20)21)6-11(12)14/h4-6,8,15H,7H2,1-3H3. The zero-order valence-corrected chi connectivity index (χ0v) is 13.6. The summed E-state index contributed by atoms with van der Waals surface area (Å²) in [6.07, 6.45) is 1.81. The number of benzene rings is 1. The number of nitro benzene ring substituents is 1. The van der Waals surface area contributed by atoms with E-state index in [9.17, 15) is 10.1 Å². The van der Waals surface area contributed by atoms with Crippen molar-refractivity contribution in [2.45, 2.75) is 6.54 Å². The minimum Gasteiger partial charge on any atom is -0.378 e. The Bertz CT molecular complexity index is 669. The number of hydrogen-bond acceptors (Lipinski definition) is 5. The fourth-order valence-corrected chi connectivity index (χ4v) is 2.47. The number of nitrogens with one attached hydrogen (secondary N) is 1. The van der Waals surface area contributed by atoms with Gasteiger partial charge in [-0.15, -0.1) is 0 Å². The van der Waals surface area contributed by atoms with Gasteiger partial charge < -0.3 is 14.8 Å². The third-order valence-corrected chi connectivity index (χ3v) is 3.74. The summed E-state index contributed by atoms with van der Waals surface area (Å²) >= 11 is 3.34. The molecule has 2 aromatic rings. The van der Waals surface area contributed by atoms with Gasteiger partial charge in [-0.3, -0.25) is 10.1 Å². The summed E-state index contributed by atoms with van der Waals surface area (Å²) in [5.41, 5.74) is 1.88. The lowest BCUT2D eigenvalue weighted by atomic mass is 10.3. The summed E-state index contributed by atoms with van der Waals surface area (Å²) in [6, 6.07) is 4.64. The van der Waals surface area contributed by atoms with Crippen molar-refractivity contribution in [3.8, 4) is 0 Å². The zero-order valence-electron chi connectivity index (χ0n) is 12.0. The van der Waals surface area contributed by atoms with Gasteiger partial charge in [0.05, 0.1) is 23.4 Å². The molecule has 1 aromatic carbocycles. The van der Waals surface area contributed by atoms with E-state index >= 15 is 0 Å². The number of non-ortho nitro benzene ring substituents is 1. The Morgan fingerprint density at radius 2 is 2.19 bits per heavy atom. The van der Waals surface area contributed by atoms with E-state index in [1.165, 1.54) is 12.1 Å². The Morgan fingerprint density at radius 3 is 2.71 bits per heavy atom. The van der Waals surface area contributed by atoms with Crippen molar-refractivity contribution in [1.29, 1.82) is 0 Å². The van der Waals surface area contributed by atoms with E-state index < -0.39 is 4.92 Å². The highest BCUT2D eigenvalue weighted by Crippen LogP contribution is 2.27. The third-order valence-electron chi connectivity index (χ3n) is 3.08. The summed E-state index contributed by atoms with van der Waals surface area (Å²) in [5, 5.41) is 13.9. The number of nitro groups is 1. The van der Waals surface area contributed by atoms with Gasteiger partial charge in [0, 0.05) is 43.4 Å². The number of imidazole rings is 1. The van der Waals surface area contributed by atoms with Crippen LogP contribution in [0.2, 0.25) is 0 Å². The number of nitrogens with zero attached hydrogens (tertiary/aromatic N) is 4. The van der Waals surface area contributed by atoms with E-state index in [4.69, 9.17) is 0 Å². The molecule has 0 atom stereocenters. The van der Waals surface area contributed by atoms with Gasteiger partial charge in [-0.1, -0.05) is 0 Å². The van der Waals surface area contributed by atoms with Crippen LogP contribution in [-0.2, 0) is 13.6 Å². The molecule has 112 valence electrons. The first-order valence-electron chi connectivity index (χ1n) is 6.26. The van der Waals surface area contributed by atoms with Crippen molar-refractivity contribution in [3.63, 3.8) is 0 Å². The number of hydrogen-bond donors (Lipinski definition) is 1. The molecule has 0 aliphatic rings. The lowest BCUT2D eigenvalue weighted by molar-refractivity contribution is -0.384. The van der Waals surface area contributed by atoms with Crippen LogP contribution in [0.3, 0.4) is 0 Å². The van der Waals surface area contributed by atoms with Crippen LogP contribution in [0.15, 0.2) is 28.9 Å². The van der Waals surface area contributed by atoms with E-state index in [2.05, 4.69) is 26.2 Å². The minimum absolute atomic E-state index is 0.0582. The van der Waals surface area contributed by atoms with E-state index in [-0.39, 0.29) is 5.69 Å². The van der Waals surface area contributed by atoms with E-state index in [0.717, 1.165) is 17.3 Å². The van der Waals surface area contributed by atoms with Gasteiger partial charge >= 0.3 is 0 Å². The first-order valence-corrected chi connectivity index (χ1v) is 7.05. The second kappa shape index (κ2) is 6.13. The lowest BCUT2D eigenvalue weighted by Gasteiger charge is -2.13. The summed E-state index contributed by atoms with van der Waals surface area (Å²) < 4.78 is 2.65. The van der Waals surface area contributed by atoms with Crippen LogP contribution in [0.4, 0.5) is 17.3 Å². The molecule has 0 unspecified atom stereocenters. The summed E-state index contributed by atoms with van der Waals surface area (Å²) in [4.78, 5) is 16.6. The van der Waals surface area contributed by atoms with E-state index in [1.54, 1.807) is 6.07 Å². The number of rotatable bonds is 5. The average molecular weight is 354 g/mol. The highest BCUT2D eigenvalue weighted by molar-refractivity contribution is 9.10. The Labute approximate surface area is 130 Å². The Morgan fingerprint density at radius 1 is 1.48 bits per heavy atom. The zero-order chi connectivity index (χ0) is 15.6. The molecule has 0 spiro atoms. The topological polar surface area (TPSA) is 76.2 Å². The maximum atomic E-state index is 10.7. The molecular weight excluding hydrogens is 338 g/mol. The molecule has 7 nitrogen and oxygen atoms in total. The monoisotopic (exact) mass is 353 g/mol. The van der Waals surface area contributed by atoms with Crippen LogP contribution in [-0.4, -0.2) is 28.6 Å². The fourth-order valence-electron chi connectivity index (χ4n) is 1.96. The predicted octanol–water partition coefficient (Wildman–Crippen LogP) is 2.77. The Hall–Kier alpha value is -2.09. The Balaban J connectivity index is 2.12. The molecule has 8 heteroatoms. The molecule has 0 saturated heterocycles. The first-order chi connectivity index (χ1) is 9.90. The molecule has 2 rings (SSSR count). The second-order valence-corrected chi connectivity index (χ2v) is 5.63. The van der Waals surface area contributed by atoms with Gasteiger partial charge in [0.2, 0.25) is 5.95 Å². The SMILES string of the molecule is CN(C)c1ncc(CNc2ccc([N+](=O)[O-])cc2Br)n1C. The smallest absolute Gasteiger partial charge is 0.270 e. The average Bonchev–Trinajstić information content (AvgIpc) is 2.78. The first kappa shape index (κ1) is 15.3. The molecule has 0 amide bonds. The third kappa shape index (κ3) is 3.33. The van der Waals surface area contributed by atoms with Crippen LogP contribution in [0.25, 0.3) is 0 Å². The van der Waals surface area contributed by atoms with Crippen LogP contribution >= 0.6 is 15.9 Å². The summed E-state index contributed by atoms with van der Waals surface area (Å²) in [7, 11) is 5.82. The number of anilines is 2. The molecule has 1 aromatic heterocycles. The lowest BCUT2D eigenvalue weighted by Crippen LogP contribution is -2.15. The van der Waals surface area contributed by atoms with Gasteiger partial charge in [0.1, 0.15) is 0 Å². The fraction of sp³-hybridized carbons (Fsp3) is 0.308. The largest absolute Gasteiger partial charge is 0.378 e. The molecule has 0 radical (unpaired) electrons. The van der Waals surface area contributed by atoms with Gasteiger partial charge in [-0.25, -0.2) is 4.98 Å². The summed E-state index contributed by atoms with van der Waals surface area (Å²) in [5.74, 6) is 0.870. The van der Waals surface area contributed by atoms with Crippen molar-refractivity contribution in [2.24, 2.45) is 7.05 Å². The molecule has 1 heterocycles. The summed E-state index contributed by atoms with van der Waals surface area (Å²) in [6.45, 7) is 0.577. The molecule has 0 saturated carbocycles. The highest BCUT2D eigenvalue weighted by Gasteiger charge is 2.11. The van der Waals surface area contributed by atoms with Crippen molar-refractivity contribution in [1.82, 2.24) is 9.55 Å². The van der Waals surface area contributed by atoms with E-state index in [1.807, 2.05) is 36.8 Å². The van der Waals surface area contributed by atoms with E-state index in [0.29, 0.717) is 11.0 Å². The van der Waals surface area contributed by atoms with Crippen LogP contribution in [0.1, 0.15) is 5.69 Å². The molecule has 21 heavy (non-hydrogen) atoms. The van der Waals surface area contributed by atoms with Gasteiger partial charge in [0.25, 0.3) is 5.69 Å². The Kier molecular flexibility index (Phi) is 4.46. The van der Waals surface area contributed by atoms with Gasteiger partial charge in [-0.2, -0.15) is 0 Å².